The van der Waals surface area contributed by atoms with Crippen LogP contribution in [0.3, 0.4) is 0 Å². The number of para-hydroxylation sites is 1. The van der Waals surface area contributed by atoms with Gasteiger partial charge < -0.3 is 14.5 Å². The topological polar surface area (TPSA) is 68.5 Å². The van der Waals surface area contributed by atoms with Crippen molar-refractivity contribution in [3.8, 4) is 0 Å². The molecule has 5 nitrogen and oxygen atoms in total. The van der Waals surface area contributed by atoms with E-state index in [0.717, 1.165) is 29.7 Å². The van der Waals surface area contributed by atoms with E-state index in [-0.39, 0.29) is 5.76 Å². The van der Waals surface area contributed by atoms with Crippen LogP contribution < -0.4 is 5.32 Å². The number of furan rings is 1. The van der Waals surface area contributed by atoms with Crippen LogP contribution in [0.25, 0.3) is 11.0 Å². The number of halogens is 1. The summed E-state index contributed by atoms with van der Waals surface area (Å²) in [4.78, 5) is 24.4. The van der Waals surface area contributed by atoms with Crippen LogP contribution in [-0.2, 0) is 22.4 Å². The number of benzene rings is 2. The molecule has 0 fully saturated rings. The third-order valence-electron chi connectivity index (χ3n) is 4.28. The zero-order valence-corrected chi connectivity index (χ0v) is 15.9. The molecule has 0 aliphatic heterocycles. The van der Waals surface area contributed by atoms with Crippen molar-refractivity contribution in [3.63, 3.8) is 0 Å². The minimum absolute atomic E-state index is 0.0308. The molecule has 6 heteroatoms. The number of fused-ring (bicyclic) bond motifs is 1. The SMILES string of the molecule is CCc1cccc(CC)c1NC(=O)COC(=O)c1cc2cc(Cl)ccc2o1. The Hall–Kier alpha value is -2.79. The van der Waals surface area contributed by atoms with Crippen LogP contribution in [0.15, 0.2) is 46.9 Å². The molecule has 1 N–H and O–H groups in total. The summed E-state index contributed by atoms with van der Waals surface area (Å²) < 4.78 is 10.5. The summed E-state index contributed by atoms with van der Waals surface area (Å²) in [5.41, 5.74) is 3.41. The van der Waals surface area contributed by atoms with Crippen molar-refractivity contribution in [1.82, 2.24) is 0 Å². The van der Waals surface area contributed by atoms with Crippen LogP contribution in [0.4, 0.5) is 5.69 Å². The highest BCUT2D eigenvalue weighted by Crippen LogP contribution is 2.24. The van der Waals surface area contributed by atoms with Gasteiger partial charge in [-0.2, -0.15) is 0 Å². The lowest BCUT2D eigenvalue weighted by Crippen LogP contribution is -2.22. The molecule has 1 heterocycles. The van der Waals surface area contributed by atoms with Crippen molar-refractivity contribution in [1.29, 1.82) is 0 Å². The van der Waals surface area contributed by atoms with E-state index in [2.05, 4.69) is 5.32 Å². The summed E-state index contributed by atoms with van der Waals surface area (Å²) in [6.07, 6.45) is 1.59. The Morgan fingerprint density at radius 3 is 2.44 bits per heavy atom. The molecule has 1 amide bonds. The fourth-order valence-corrected chi connectivity index (χ4v) is 3.08. The number of anilines is 1. The minimum atomic E-state index is -0.697. The average Bonchev–Trinajstić information content (AvgIpc) is 3.09. The Morgan fingerprint density at radius 2 is 1.78 bits per heavy atom. The van der Waals surface area contributed by atoms with Crippen molar-refractivity contribution in [2.24, 2.45) is 0 Å². The Kier molecular flexibility index (Phi) is 5.81. The summed E-state index contributed by atoms with van der Waals surface area (Å²) in [6.45, 7) is 3.66. The van der Waals surface area contributed by atoms with Gasteiger partial charge in [-0.1, -0.05) is 43.6 Å². The molecule has 0 saturated carbocycles. The Balaban J connectivity index is 1.66. The molecule has 2 aromatic carbocycles. The molecule has 0 radical (unpaired) electrons. The first-order valence-corrected chi connectivity index (χ1v) is 9.16. The molecular formula is C21H20ClNO4. The van der Waals surface area contributed by atoms with Crippen molar-refractivity contribution >= 4 is 40.1 Å². The van der Waals surface area contributed by atoms with Gasteiger partial charge >= 0.3 is 5.97 Å². The highest BCUT2D eigenvalue weighted by atomic mass is 35.5. The van der Waals surface area contributed by atoms with Gasteiger partial charge in [-0.3, -0.25) is 4.79 Å². The van der Waals surface area contributed by atoms with Gasteiger partial charge in [0.05, 0.1) is 0 Å². The van der Waals surface area contributed by atoms with Gasteiger partial charge in [-0.05, 0) is 48.2 Å². The number of ether oxygens (including phenoxy) is 1. The fourth-order valence-electron chi connectivity index (χ4n) is 2.90. The first kappa shape index (κ1) is 19.0. The van der Waals surface area contributed by atoms with E-state index in [1.807, 2.05) is 32.0 Å². The summed E-state index contributed by atoms with van der Waals surface area (Å²) >= 11 is 5.93. The molecule has 0 aliphatic carbocycles. The predicted octanol–water partition coefficient (Wildman–Crippen LogP) is 5.01. The van der Waals surface area contributed by atoms with Gasteiger partial charge in [0.15, 0.2) is 6.61 Å². The Bertz CT molecular complexity index is 971. The minimum Gasteiger partial charge on any atom is -0.450 e. The largest absolute Gasteiger partial charge is 0.450 e. The maximum atomic E-state index is 12.3. The third-order valence-corrected chi connectivity index (χ3v) is 4.51. The van der Waals surface area contributed by atoms with Crippen LogP contribution in [0.2, 0.25) is 5.02 Å². The van der Waals surface area contributed by atoms with E-state index >= 15 is 0 Å². The molecule has 0 aliphatic rings. The number of carbonyl (C=O) groups is 2. The van der Waals surface area contributed by atoms with Gasteiger partial charge in [0, 0.05) is 16.1 Å². The lowest BCUT2D eigenvalue weighted by Gasteiger charge is -2.14. The molecule has 0 atom stereocenters. The van der Waals surface area contributed by atoms with Gasteiger partial charge in [0.1, 0.15) is 5.58 Å². The summed E-state index contributed by atoms with van der Waals surface area (Å²) in [5, 5.41) is 4.10. The van der Waals surface area contributed by atoms with E-state index in [9.17, 15) is 9.59 Å². The number of rotatable bonds is 6. The summed E-state index contributed by atoms with van der Waals surface area (Å²) in [5.74, 6) is -1.06. The molecule has 0 spiro atoms. The maximum Gasteiger partial charge on any atom is 0.374 e. The summed E-state index contributed by atoms with van der Waals surface area (Å²) in [6, 6.07) is 12.5. The van der Waals surface area contributed by atoms with Crippen LogP contribution in [-0.4, -0.2) is 18.5 Å². The van der Waals surface area contributed by atoms with Gasteiger partial charge in [0.25, 0.3) is 5.91 Å². The first-order chi connectivity index (χ1) is 13.0. The molecule has 3 aromatic rings. The lowest BCUT2D eigenvalue weighted by molar-refractivity contribution is -0.119. The third kappa shape index (κ3) is 4.31. The second kappa shape index (κ2) is 8.27. The molecule has 0 unspecified atom stereocenters. The van der Waals surface area contributed by atoms with Gasteiger partial charge in [-0.15, -0.1) is 0 Å². The quantitative estimate of drug-likeness (QED) is 0.606. The molecule has 140 valence electrons. The molecule has 1 aromatic heterocycles. The monoisotopic (exact) mass is 385 g/mol. The number of carbonyl (C=O) groups excluding carboxylic acids is 2. The van der Waals surface area contributed by atoms with E-state index in [4.69, 9.17) is 20.8 Å². The second-order valence-corrected chi connectivity index (χ2v) is 6.51. The molecule has 3 rings (SSSR count). The van der Waals surface area contributed by atoms with E-state index < -0.39 is 18.5 Å². The normalized spacial score (nSPS) is 10.8. The van der Waals surface area contributed by atoms with Crippen LogP contribution in [0.1, 0.15) is 35.5 Å². The van der Waals surface area contributed by atoms with Crippen LogP contribution in [0.5, 0.6) is 0 Å². The predicted molar refractivity (Wildman–Crippen MR) is 105 cm³/mol. The molecule has 27 heavy (non-hydrogen) atoms. The van der Waals surface area contributed by atoms with E-state index in [0.29, 0.717) is 16.0 Å². The van der Waals surface area contributed by atoms with E-state index in [1.165, 1.54) is 0 Å². The lowest BCUT2D eigenvalue weighted by atomic mass is 10.0. The Morgan fingerprint density at radius 1 is 1.07 bits per heavy atom. The number of amides is 1. The molecular weight excluding hydrogens is 366 g/mol. The molecule has 0 bridgehead atoms. The van der Waals surface area contributed by atoms with Crippen LogP contribution in [0, 0.1) is 0 Å². The zero-order chi connectivity index (χ0) is 19.4. The molecule has 0 saturated heterocycles. The highest BCUT2D eigenvalue weighted by Gasteiger charge is 2.17. The zero-order valence-electron chi connectivity index (χ0n) is 15.2. The number of nitrogens with one attached hydrogen (secondary N) is 1. The Labute approximate surface area is 162 Å². The van der Waals surface area contributed by atoms with Crippen LogP contribution >= 0.6 is 11.6 Å². The van der Waals surface area contributed by atoms with E-state index in [1.54, 1.807) is 24.3 Å². The number of hydrogen-bond acceptors (Lipinski definition) is 4. The van der Waals surface area contributed by atoms with Gasteiger partial charge in [-0.25, -0.2) is 4.79 Å². The van der Waals surface area contributed by atoms with Crippen molar-refractivity contribution in [2.45, 2.75) is 26.7 Å². The maximum absolute atomic E-state index is 12.3. The summed E-state index contributed by atoms with van der Waals surface area (Å²) in [7, 11) is 0. The van der Waals surface area contributed by atoms with Crippen molar-refractivity contribution in [2.75, 3.05) is 11.9 Å². The first-order valence-electron chi connectivity index (χ1n) is 8.78. The standard InChI is InChI=1S/C21H20ClNO4/c1-3-13-6-5-7-14(4-2)20(13)23-19(24)12-26-21(25)18-11-15-10-16(22)8-9-17(15)27-18/h5-11H,3-4,12H2,1-2H3,(H,23,24). The van der Waals surface area contributed by atoms with Crippen molar-refractivity contribution < 1.29 is 18.7 Å². The highest BCUT2D eigenvalue weighted by molar-refractivity contribution is 6.31. The number of hydrogen-bond donors (Lipinski definition) is 1. The average molecular weight is 386 g/mol. The smallest absolute Gasteiger partial charge is 0.374 e. The number of esters is 1. The van der Waals surface area contributed by atoms with Gasteiger partial charge in [0.2, 0.25) is 5.76 Å². The van der Waals surface area contributed by atoms with Crippen molar-refractivity contribution in [3.05, 3.63) is 64.4 Å². The second-order valence-electron chi connectivity index (χ2n) is 6.08. The number of aryl methyl sites for hydroxylation is 2. The fraction of sp³-hybridized carbons (Fsp3) is 0.238.